The lowest BCUT2D eigenvalue weighted by atomic mass is 10.0. The molecule has 118 valence electrons. The highest BCUT2D eigenvalue weighted by Crippen LogP contribution is 2.39. The summed E-state index contributed by atoms with van der Waals surface area (Å²) in [5.41, 5.74) is 0.937. The van der Waals surface area contributed by atoms with Crippen molar-refractivity contribution in [2.45, 2.75) is 32.4 Å². The number of carbonyl (C=O) groups is 2. The Bertz CT molecular complexity index is 639. The molecule has 0 aromatic heterocycles. The van der Waals surface area contributed by atoms with Crippen LogP contribution in [0.1, 0.15) is 42.7 Å². The summed E-state index contributed by atoms with van der Waals surface area (Å²) >= 11 is 6.16. The number of halogens is 1. The van der Waals surface area contributed by atoms with Gasteiger partial charge in [0.25, 0.3) is 5.91 Å². The van der Waals surface area contributed by atoms with Gasteiger partial charge in [-0.1, -0.05) is 23.7 Å². The van der Waals surface area contributed by atoms with Crippen LogP contribution in [0.25, 0.3) is 0 Å². The van der Waals surface area contributed by atoms with Crippen molar-refractivity contribution in [2.24, 2.45) is 0 Å². The summed E-state index contributed by atoms with van der Waals surface area (Å²) < 4.78 is 5.42. The van der Waals surface area contributed by atoms with Crippen LogP contribution in [0.4, 0.5) is 4.79 Å². The van der Waals surface area contributed by atoms with Crippen LogP contribution in [0.2, 0.25) is 5.02 Å². The topological polar surface area (TPSA) is 49.9 Å². The van der Waals surface area contributed by atoms with Crippen molar-refractivity contribution in [1.29, 1.82) is 0 Å². The molecule has 0 unspecified atom stereocenters. The van der Waals surface area contributed by atoms with E-state index in [0.717, 1.165) is 5.56 Å². The minimum atomic E-state index is -0.527. The molecule has 22 heavy (non-hydrogen) atoms. The highest BCUT2D eigenvalue weighted by Gasteiger charge is 2.42. The molecular weight excluding hydrogens is 304 g/mol. The summed E-state index contributed by atoms with van der Waals surface area (Å²) in [4.78, 5) is 28.2. The zero-order chi connectivity index (χ0) is 16.1. The van der Waals surface area contributed by atoms with Gasteiger partial charge in [0.05, 0.1) is 16.6 Å². The Labute approximate surface area is 134 Å². The first kappa shape index (κ1) is 15.2. The number of hydrogen-bond acceptors (Lipinski definition) is 3. The summed E-state index contributed by atoms with van der Waals surface area (Å²) in [6, 6.07) is 5.33. The third-order valence-corrected chi connectivity index (χ3v) is 4.23. The summed E-state index contributed by atoms with van der Waals surface area (Å²) in [6.45, 7) is 6.93. The molecule has 0 radical (unpaired) electrons. The van der Waals surface area contributed by atoms with Crippen LogP contribution >= 0.6 is 11.6 Å². The molecule has 3 rings (SSSR count). The van der Waals surface area contributed by atoms with E-state index >= 15 is 0 Å². The minimum absolute atomic E-state index is 0.0468. The molecule has 1 atom stereocenters. The number of hydrogen-bond donors (Lipinski definition) is 0. The van der Waals surface area contributed by atoms with E-state index in [0.29, 0.717) is 30.2 Å². The molecule has 2 amide bonds. The second-order valence-corrected chi connectivity index (χ2v) is 7.05. The van der Waals surface area contributed by atoms with Crippen molar-refractivity contribution in [3.05, 3.63) is 34.3 Å². The van der Waals surface area contributed by atoms with E-state index in [9.17, 15) is 9.59 Å². The van der Waals surface area contributed by atoms with Crippen LogP contribution in [0.5, 0.6) is 0 Å². The Morgan fingerprint density at radius 3 is 2.73 bits per heavy atom. The monoisotopic (exact) mass is 322 g/mol. The number of carbonyl (C=O) groups excluding carboxylic acids is 2. The van der Waals surface area contributed by atoms with Crippen molar-refractivity contribution in [1.82, 2.24) is 9.80 Å². The predicted molar refractivity (Wildman–Crippen MR) is 83.0 cm³/mol. The molecular formula is C16H19ClN2O3. The summed E-state index contributed by atoms with van der Waals surface area (Å²) in [5.74, 6) is -0.0468. The molecule has 5 nitrogen and oxygen atoms in total. The zero-order valence-electron chi connectivity index (χ0n) is 12.9. The van der Waals surface area contributed by atoms with Gasteiger partial charge in [-0.25, -0.2) is 4.79 Å². The van der Waals surface area contributed by atoms with Crippen LogP contribution in [-0.4, -0.2) is 47.0 Å². The van der Waals surface area contributed by atoms with E-state index < -0.39 is 5.60 Å². The molecule has 2 heterocycles. The van der Waals surface area contributed by atoms with Gasteiger partial charge >= 0.3 is 6.09 Å². The van der Waals surface area contributed by atoms with Crippen LogP contribution in [0, 0.1) is 0 Å². The van der Waals surface area contributed by atoms with Gasteiger partial charge in [-0.05, 0) is 32.4 Å². The first-order chi connectivity index (χ1) is 10.3. The van der Waals surface area contributed by atoms with Gasteiger partial charge in [-0.15, -0.1) is 0 Å². The molecule has 1 fully saturated rings. The molecule has 0 saturated carbocycles. The van der Waals surface area contributed by atoms with Gasteiger partial charge in [0.15, 0.2) is 0 Å². The first-order valence-corrected chi connectivity index (χ1v) is 7.73. The van der Waals surface area contributed by atoms with Crippen LogP contribution < -0.4 is 0 Å². The van der Waals surface area contributed by atoms with Crippen LogP contribution in [-0.2, 0) is 4.74 Å². The Morgan fingerprint density at radius 1 is 1.32 bits per heavy atom. The average Bonchev–Trinajstić information content (AvgIpc) is 2.71. The molecule has 1 aromatic rings. The lowest BCUT2D eigenvalue weighted by Crippen LogP contribution is -2.50. The fraction of sp³-hybridized carbons (Fsp3) is 0.500. The largest absolute Gasteiger partial charge is 0.444 e. The molecule has 1 aromatic carbocycles. The van der Waals surface area contributed by atoms with Gasteiger partial charge in [0.2, 0.25) is 0 Å². The molecule has 0 bridgehead atoms. The molecule has 0 spiro atoms. The SMILES string of the molecule is CC(C)(C)OC(=O)N1CCN2C(=O)c3c(Cl)cccc3[C@H]2C1. The van der Waals surface area contributed by atoms with Crippen molar-refractivity contribution in [2.75, 3.05) is 19.6 Å². The predicted octanol–water partition coefficient (Wildman–Crippen LogP) is 3.09. The maximum atomic E-state index is 12.5. The van der Waals surface area contributed by atoms with Crippen LogP contribution in [0.15, 0.2) is 18.2 Å². The fourth-order valence-electron chi connectivity index (χ4n) is 2.97. The standard InChI is InChI=1S/C16H19ClN2O3/c1-16(2,3)22-15(21)18-7-8-19-12(9-18)10-5-4-6-11(17)13(10)14(19)20/h4-6,12H,7-9H2,1-3H3/t12-/m1/s1. The second-order valence-electron chi connectivity index (χ2n) is 6.64. The lowest BCUT2D eigenvalue weighted by Gasteiger charge is -2.38. The molecule has 1 saturated heterocycles. The molecule has 6 heteroatoms. The van der Waals surface area contributed by atoms with Gasteiger partial charge in [0, 0.05) is 19.6 Å². The van der Waals surface area contributed by atoms with Crippen molar-refractivity contribution < 1.29 is 14.3 Å². The highest BCUT2D eigenvalue weighted by molar-refractivity contribution is 6.34. The summed E-state index contributed by atoms with van der Waals surface area (Å²) in [6.07, 6.45) is -0.338. The van der Waals surface area contributed by atoms with Crippen LogP contribution in [0.3, 0.4) is 0 Å². The van der Waals surface area contributed by atoms with E-state index in [-0.39, 0.29) is 18.0 Å². The van der Waals surface area contributed by atoms with E-state index in [1.165, 1.54) is 0 Å². The number of piperazine rings is 1. The van der Waals surface area contributed by atoms with Gasteiger partial charge in [-0.2, -0.15) is 0 Å². The number of rotatable bonds is 0. The first-order valence-electron chi connectivity index (χ1n) is 7.35. The highest BCUT2D eigenvalue weighted by atomic mass is 35.5. The number of ether oxygens (including phenoxy) is 1. The molecule has 2 aliphatic rings. The Kier molecular flexibility index (Phi) is 3.56. The molecule has 0 aliphatic carbocycles. The second kappa shape index (κ2) is 5.16. The number of fused-ring (bicyclic) bond motifs is 3. The maximum Gasteiger partial charge on any atom is 0.410 e. The summed E-state index contributed by atoms with van der Waals surface area (Å²) in [5, 5.41) is 0.473. The average molecular weight is 323 g/mol. The number of benzene rings is 1. The Hall–Kier alpha value is -1.75. The quantitative estimate of drug-likeness (QED) is 0.737. The van der Waals surface area contributed by atoms with Crippen molar-refractivity contribution >= 4 is 23.6 Å². The Morgan fingerprint density at radius 2 is 2.05 bits per heavy atom. The molecule has 0 N–H and O–H groups in total. The maximum absolute atomic E-state index is 12.5. The van der Waals surface area contributed by atoms with E-state index in [1.807, 2.05) is 32.9 Å². The van der Waals surface area contributed by atoms with Gasteiger partial charge in [-0.3, -0.25) is 4.79 Å². The number of nitrogens with zero attached hydrogens (tertiary/aromatic N) is 2. The third-order valence-electron chi connectivity index (χ3n) is 3.91. The summed E-state index contributed by atoms with van der Waals surface area (Å²) in [7, 11) is 0. The Balaban J connectivity index is 1.83. The smallest absolute Gasteiger partial charge is 0.410 e. The minimum Gasteiger partial charge on any atom is -0.444 e. The lowest BCUT2D eigenvalue weighted by molar-refractivity contribution is 0.00657. The fourth-order valence-corrected chi connectivity index (χ4v) is 3.23. The zero-order valence-corrected chi connectivity index (χ0v) is 13.7. The van der Waals surface area contributed by atoms with E-state index in [1.54, 1.807) is 15.9 Å². The van der Waals surface area contributed by atoms with E-state index in [4.69, 9.17) is 16.3 Å². The van der Waals surface area contributed by atoms with Gasteiger partial charge in [0.1, 0.15) is 5.60 Å². The van der Waals surface area contributed by atoms with E-state index in [2.05, 4.69) is 0 Å². The third kappa shape index (κ3) is 2.54. The number of amides is 2. The van der Waals surface area contributed by atoms with Crippen molar-refractivity contribution in [3.63, 3.8) is 0 Å². The molecule has 2 aliphatic heterocycles. The normalized spacial score (nSPS) is 20.7. The van der Waals surface area contributed by atoms with Crippen molar-refractivity contribution in [3.8, 4) is 0 Å². The van der Waals surface area contributed by atoms with Gasteiger partial charge < -0.3 is 14.5 Å².